The highest BCUT2D eigenvalue weighted by Gasteiger charge is 2.30. The Bertz CT molecular complexity index is 1440. The molecule has 1 saturated heterocycles. The van der Waals surface area contributed by atoms with Crippen LogP contribution in [0.4, 0.5) is 5.82 Å². The van der Waals surface area contributed by atoms with Crippen molar-refractivity contribution in [2.24, 2.45) is 0 Å². The summed E-state index contributed by atoms with van der Waals surface area (Å²) in [5.41, 5.74) is 3.14. The Morgan fingerprint density at radius 2 is 1.66 bits per heavy atom. The average molecular weight is 450 g/mol. The molecule has 32 heavy (non-hydrogen) atoms. The standard InChI is InChI=1S/C23H23N5O3S/c1-16-15-22-24-23(20-5-3-4-6-21(20)28(22)25-16)26-11-13-27(14-12-26)32(30,31)19-9-7-18(8-10-19)17(2)29/h3-10,15H,11-14H2,1-2H3. The minimum atomic E-state index is -3.62. The van der Waals surface area contributed by atoms with Gasteiger partial charge in [-0.15, -0.1) is 0 Å². The molecule has 0 amide bonds. The summed E-state index contributed by atoms with van der Waals surface area (Å²) in [5.74, 6) is 0.753. The molecule has 0 N–H and O–H groups in total. The van der Waals surface area contributed by atoms with Crippen LogP contribution in [0.1, 0.15) is 23.0 Å². The quantitative estimate of drug-likeness (QED) is 0.445. The number of ketones is 1. The summed E-state index contributed by atoms with van der Waals surface area (Å²) in [7, 11) is -3.62. The highest BCUT2D eigenvalue weighted by molar-refractivity contribution is 7.89. The van der Waals surface area contributed by atoms with Gasteiger partial charge in [0.2, 0.25) is 10.0 Å². The molecule has 3 heterocycles. The fourth-order valence-electron chi connectivity index (χ4n) is 4.15. The van der Waals surface area contributed by atoms with E-state index < -0.39 is 10.0 Å². The number of rotatable bonds is 4. The Kier molecular flexibility index (Phi) is 4.94. The number of aryl methyl sites for hydroxylation is 1. The fourth-order valence-corrected chi connectivity index (χ4v) is 5.57. The molecule has 2 aromatic carbocycles. The predicted octanol–water partition coefficient (Wildman–Crippen LogP) is 2.90. The minimum absolute atomic E-state index is 0.0902. The second-order valence-electron chi connectivity index (χ2n) is 7.98. The van der Waals surface area contributed by atoms with Crippen LogP contribution in [-0.4, -0.2) is 59.3 Å². The van der Waals surface area contributed by atoms with Crippen LogP contribution in [0.5, 0.6) is 0 Å². The molecule has 0 radical (unpaired) electrons. The van der Waals surface area contributed by atoms with Crippen LogP contribution in [0.2, 0.25) is 0 Å². The highest BCUT2D eigenvalue weighted by atomic mass is 32.2. The van der Waals surface area contributed by atoms with E-state index in [9.17, 15) is 13.2 Å². The van der Waals surface area contributed by atoms with E-state index in [0.717, 1.165) is 28.1 Å². The van der Waals surface area contributed by atoms with Crippen LogP contribution in [0.25, 0.3) is 16.6 Å². The lowest BCUT2D eigenvalue weighted by atomic mass is 10.2. The second-order valence-corrected chi connectivity index (χ2v) is 9.92. The molecule has 0 aliphatic carbocycles. The Morgan fingerprint density at radius 3 is 2.34 bits per heavy atom. The van der Waals surface area contributed by atoms with E-state index >= 15 is 0 Å². The number of piperazine rings is 1. The van der Waals surface area contributed by atoms with Crippen molar-refractivity contribution in [3.05, 3.63) is 65.9 Å². The zero-order valence-corrected chi connectivity index (χ0v) is 18.7. The fraction of sp³-hybridized carbons (Fsp3) is 0.261. The number of anilines is 1. The van der Waals surface area contributed by atoms with Crippen molar-refractivity contribution in [1.82, 2.24) is 18.9 Å². The van der Waals surface area contributed by atoms with Gasteiger partial charge >= 0.3 is 0 Å². The van der Waals surface area contributed by atoms with Crippen molar-refractivity contribution in [2.75, 3.05) is 31.1 Å². The number of hydrogen-bond donors (Lipinski definition) is 0. The first-order chi connectivity index (χ1) is 15.3. The Hall–Kier alpha value is -3.30. The molecule has 9 heteroatoms. The van der Waals surface area contributed by atoms with E-state index in [4.69, 9.17) is 4.98 Å². The maximum atomic E-state index is 13.1. The van der Waals surface area contributed by atoms with Crippen LogP contribution in [-0.2, 0) is 10.0 Å². The molecule has 4 aromatic rings. The molecule has 1 aliphatic rings. The number of para-hydroxylation sites is 1. The number of nitrogens with zero attached hydrogens (tertiary/aromatic N) is 5. The first-order valence-corrected chi connectivity index (χ1v) is 11.9. The van der Waals surface area contributed by atoms with Gasteiger partial charge in [-0.05, 0) is 38.1 Å². The van der Waals surface area contributed by atoms with Crippen LogP contribution in [0.3, 0.4) is 0 Å². The zero-order chi connectivity index (χ0) is 22.5. The van der Waals surface area contributed by atoms with Crippen LogP contribution < -0.4 is 4.90 Å². The monoisotopic (exact) mass is 449 g/mol. The Labute approximate surface area is 186 Å². The van der Waals surface area contributed by atoms with Gasteiger partial charge in [0.25, 0.3) is 0 Å². The Balaban J connectivity index is 1.42. The molecular weight excluding hydrogens is 426 g/mol. The van der Waals surface area contributed by atoms with Gasteiger partial charge in [0.1, 0.15) is 5.82 Å². The van der Waals surface area contributed by atoms with E-state index in [1.165, 1.54) is 23.4 Å². The van der Waals surface area contributed by atoms with Crippen LogP contribution >= 0.6 is 0 Å². The number of carbonyl (C=O) groups excluding carboxylic acids is 1. The molecule has 2 aromatic heterocycles. The third-order valence-electron chi connectivity index (χ3n) is 5.84. The summed E-state index contributed by atoms with van der Waals surface area (Å²) in [4.78, 5) is 18.7. The molecule has 1 fully saturated rings. The predicted molar refractivity (Wildman–Crippen MR) is 123 cm³/mol. The number of Topliss-reactive ketones (excluding diaryl/α,β-unsaturated/α-hetero) is 1. The van der Waals surface area contributed by atoms with Crippen molar-refractivity contribution in [3.63, 3.8) is 0 Å². The summed E-state index contributed by atoms with van der Waals surface area (Å²) < 4.78 is 29.5. The molecule has 5 rings (SSSR count). The number of sulfonamides is 1. The van der Waals surface area contributed by atoms with Gasteiger partial charge in [-0.3, -0.25) is 4.79 Å². The molecule has 0 atom stereocenters. The van der Waals surface area contributed by atoms with E-state index in [2.05, 4.69) is 10.00 Å². The summed E-state index contributed by atoms with van der Waals surface area (Å²) in [6.45, 7) is 5.18. The van der Waals surface area contributed by atoms with E-state index in [1.807, 2.05) is 41.8 Å². The molecular formula is C23H23N5O3S. The van der Waals surface area contributed by atoms with Gasteiger partial charge in [0.15, 0.2) is 11.4 Å². The molecule has 0 unspecified atom stereocenters. The summed E-state index contributed by atoms with van der Waals surface area (Å²) in [5, 5.41) is 5.53. The molecule has 0 saturated carbocycles. The van der Waals surface area contributed by atoms with Crippen molar-refractivity contribution < 1.29 is 13.2 Å². The molecule has 0 spiro atoms. The van der Waals surface area contributed by atoms with E-state index in [1.54, 1.807) is 12.1 Å². The largest absolute Gasteiger partial charge is 0.353 e. The van der Waals surface area contributed by atoms with Crippen molar-refractivity contribution in [1.29, 1.82) is 0 Å². The van der Waals surface area contributed by atoms with E-state index in [-0.39, 0.29) is 10.7 Å². The van der Waals surface area contributed by atoms with Gasteiger partial charge < -0.3 is 4.90 Å². The number of benzene rings is 2. The molecule has 0 bridgehead atoms. The smallest absolute Gasteiger partial charge is 0.243 e. The third kappa shape index (κ3) is 3.43. The molecule has 1 aliphatic heterocycles. The zero-order valence-electron chi connectivity index (χ0n) is 17.9. The van der Waals surface area contributed by atoms with Gasteiger partial charge in [0, 0.05) is 43.2 Å². The van der Waals surface area contributed by atoms with Gasteiger partial charge in [-0.2, -0.15) is 9.40 Å². The summed E-state index contributed by atoms with van der Waals surface area (Å²) in [6, 6.07) is 16.1. The van der Waals surface area contributed by atoms with E-state index in [0.29, 0.717) is 31.7 Å². The normalized spacial score (nSPS) is 15.5. The van der Waals surface area contributed by atoms with Gasteiger partial charge in [-0.1, -0.05) is 24.3 Å². The topological polar surface area (TPSA) is 87.9 Å². The maximum Gasteiger partial charge on any atom is 0.243 e. The molecule has 164 valence electrons. The van der Waals surface area contributed by atoms with Crippen LogP contribution in [0, 0.1) is 6.92 Å². The summed E-state index contributed by atoms with van der Waals surface area (Å²) >= 11 is 0. The number of hydrogen-bond acceptors (Lipinski definition) is 6. The lowest BCUT2D eigenvalue weighted by Crippen LogP contribution is -2.49. The first-order valence-electron chi connectivity index (χ1n) is 10.5. The lowest BCUT2D eigenvalue weighted by molar-refractivity contribution is 0.101. The minimum Gasteiger partial charge on any atom is -0.353 e. The van der Waals surface area contributed by atoms with Gasteiger partial charge in [0.05, 0.1) is 16.1 Å². The first kappa shape index (κ1) is 20.6. The van der Waals surface area contributed by atoms with Crippen molar-refractivity contribution in [2.45, 2.75) is 18.7 Å². The van der Waals surface area contributed by atoms with Crippen LogP contribution in [0.15, 0.2) is 59.5 Å². The Morgan fingerprint density at radius 1 is 0.969 bits per heavy atom. The molecule has 8 nitrogen and oxygen atoms in total. The number of aromatic nitrogens is 3. The summed E-state index contributed by atoms with van der Waals surface area (Å²) in [6.07, 6.45) is 0. The SMILES string of the molecule is CC(=O)c1ccc(S(=O)(=O)N2CCN(c3nc4cc(C)nn4c4ccccc34)CC2)cc1. The highest BCUT2D eigenvalue weighted by Crippen LogP contribution is 2.28. The van der Waals surface area contributed by atoms with Gasteiger partial charge in [-0.25, -0.2) is 17.9 Å². The van der Waals surface area contributed by atoms with Crippen molar-refractivity contribution >= 4 is 38.2 Å². The second kappa shape index (κ2) is 7.68. The van der Waals surface area contributed by atoms with Crippen molar-refractivity contribution in [3.8, 4) is 0 Å². The third-order valence-corrected chi connectivity index (χ3v) is 7.76. The maximum absolute atomic E-state index is 13.1. The lowest BCUT2D eigenvalue weighted by Gasteiger charge is -2.35. The number of carbonyl (C=O) groups is 1. The number of fused-ring (bicyclic) bond motifs is 3. The average Bonchev–Trinajstić information content (AvgIpc) is 3.19.